The Morgan fingerprint density at radius 3 is 2.07 bits per heavy atom. The van der Waals surface area contributed by atoms with Gasteiger partial charge in [-0.2, -0.15) is 0 Å². The van der Waals surface area contributed by atoms with Gasteiger partial charge in [0.05, 0.1) is 19.3 Å². The summed E-state index contributed by atoms with van der Waals surface area (Å²) in [6.07, 6.45) is 2.60. The van der Waals surface area contributed by atoms with Crippen molar-refractivity contribution in [2.24, 2.45) is 0 Å². The zero-order valence-corrected chi connectivity index (χ0v) is 9.75. The van der Waals surface area contributed by atoms with Gasteiger partial charge in [-0.25, -0.2) is 0 Å². The highest BCUT2D eigenvalue weighted by molar-refractivity contribution is 4.82. The summed E-state index contributed by atoms with van der Waals surface area (Å²) in [5.41, 5.74) is 0. The topological polar surface area (TPSA) is 24.5 Å². The number of ether oxygens (including phenoxy) is 1. The van der Waals surface area contributed by atoms with Crippen molar-refractivity contribution in [2.75, 3.05) is 33.4 Å². The molecule has 0 atom stereocenters. The Morgan fingerprint density at radius 1 is 1.07 bits per heavy atom. The van der Waals surface area contributed by atoms with E-state index in [0.717, 1.165) is 19.3 Å². The molecule has 3 heteroatoms. The number of nitrogens with zero attached hydrogens (tertiary/aromatic N) is 1. The maximum atomic E-state index is 5.12. The van der Waals surface area contributed by atoms with Crippen molar-refractivity contribution >= 4 is 0 Å². The summed E-state index contributed by atoms with van der Waals surface area (Å²) in [6.45, 7) is 8.33. The van der Waals surface area contributed by atoms with E-state index in [1.165, 1.54) is 25.9 Å². The Balaban J connectivity index is 0.000000461. The second kappa shape index (κ2) is 6.38. The van der Waals surface area contributed by atoms with Crippen LogP contribution in [0.1, 0.15) is 26.7 Å². The molecule has 0 amide bonds. The first kappa shape index (κ1) is 12.0. The highest BCUT2D eigenvalue weighted by Crippen LogP contribution is 2.11. The van der Waals surface area contributed by atoms with Crippen LogP contribution >= 0.6 is 0 Å². The monoisotopic (exact) mass is 200 g/mol. The molecule has 0 saturated carbocycles. The molecule has 1 N–H and O–H groups in total. The Bertz CT molecular complexity index is 140. The summed E-state index contributed by atoms with van der Waals surface area (Å²) >= 11 is 0. The molecule has 2 fully saturated rings. The van der Waals surface area contributed by atoms with Crippen LogP contribution in [-0.4, -0.2) is 50.3 Å². The molecule has 2 aliphatic rings. The molecule has 2 aliphatic heterocycles. The van der Waals surface area contributed by atoms with Crippen LogP contribution in [0.2, 0.25) is 0 Å². The van der Waals surface area contributed by atoms with E-state index in [-0.39, 0.29) is 0 Å². The molecule has 0 bridgehead atoms. The van der Waals surface area contributed by atoms with Gasteiger partial charge in [0.2, 0.25) is 0 Å². The molecule has 2 heterocycles. The summed E-state index contributed by atoms with van der Waals surface area (Å²) in [4.78, 5) is 2.40. The van der Waals surface area contributed by atoms with E-state index in [9.17, 15) is 0 Å². The summed E-state index contributed by atoms with van der Waals surface area (Å²) in [5.74, 6) is 0. The smallest absolute Gasteiger partial charge is 0.0643 e. The first-order valence-electron chi connectivity index (χ1n) is 5.87. The first-order valence-corrected chi connectivity index (χ1v) is 5.87. The molecular formula is C11H24N2O. The van der Waals surface area contributed by atoms with E-state index in [1.807, 2.05) is 13.8 Å². The summed E-state index contributed by atoms with van der Waals surface area (Å²) < 4.78 is 5.12. The average Bonchev–Trinajstić information content (AvgIpc) is 2.17. The molecule has 0 aromatic heterocycles. The van der Waals surface area contributed by atoms with Crippen molar-refractivity contribution in [3.8, 4) is 0 Å². The van der Waals surface area contributed by atoms with Crippen molar-refractivity contribution in [3.05, 3.63) is 0 Å². The average molecular weight is 200 g/mol. The van der Waals surface area contributed by atoms with Crippen LogP contribution < -0.4 is 5.32 Å². The maximum absolute atomic E-state index is 5.12. The molecule has 0 spiro atoms. The Kier molecular flexibility index (Phi) is 5.45. The lowest BCUT2D eigenvalue weighted by molar-refractivity contribution is -0.0131. The molecule has 2 rings (SSSR count). The van der Waals surface area contributed by atoms with Crippen LogP contribution in [0, 0.1) is 0 Å². The number of piperidine rings is 1. The SMILES string of the molecule is CC.CN1CCC(NC2COC2)CC1. The summed E-state index contributed by atoms with van der Waals surface area (Å²) in [5, 5.41) is 3.62. The molecule has 0 aliphatic carbocycles. The van der Waals surface area contributed by atoms with Crippen molar-refractivity contribution in [1.82, 2.24) is 10.2 Å². The van der Waals surface area contributed by atoms with E-state index in [0.29, 0.717) is 6.04 Å². The van der Waals surface area contributed by atoms with Crippen molar-refractivity contribution in [1.29, 1.82) is 0 Å². The normalized spacial score (nSPS) is 25.1. The van der Waals surface area contributed by atoms with E-state index >= 15 is 0 Å². The van der Waals surface area contributed by atoms with Gasteiger partial charge < -0.3 is 15.0 Å². The second-order valence-corrected chi connectivity index (χ2v) is 3.98. The fourth-order valence-corrected chi connectivity index (χ4v) is 1.84. The standard InChI is InChI=1S/C9H18N2O.C2H6/c1-11-4-2-8(3-5-11)10-9-6-12-7-9;1-2/h8-10H,2-7H2,1H3;1-2H3. The lowest BCUT2D eigenvalue weighted by atomic mass is 10.0. The third-order valence-electron chi connectivity index (χ3n) is 2.83. The number of nitrogens with one attached hydrogen (secondary N) is 1. The zero-order valence-electron chi connectivity index (χ0n) is 9.75. The van der Waals surface area contributed by atoms with Crippen LogP contribution in [0.5, 0.6) is 0 Å². The lowest BCUT2D eigenvalue weighted by Gasteiger charge is -2.35. The fourth-order valence-electron chi connectivity index (χ4n) is 1.84. The van der Waals surface area contributed by atoms with Crippen LogP contribution in [-0.2, 0) is 4.74 Å². The highest BCUT2D eigenvalue weighted by Gasteiger charge is 2.23. The van der Waals surface area contributed by atoms with E-state index in [2.05, 4.69) is 17.3 Å². The van der Waals surface area contributed by atoms with Gasteiger partial charge in [0, 0.05) is 6.04 Å². The largest absolute Gasteiger partial charge is 0.378 e. The minimum Gasteiger partial charge on any atom is -0.378 e. The predicted molar refractivity (Wildman–Crippen MR) is 59.6 cm³/mol. The summed E-state index contributed by atoms with van der Waals surface area (Å²) in [6, 6.07) is 1.40. The number of likely N-dealkylation sites (tertiary alicyclic amines) is 1. The van der Waals surface area contributed by atoms with E-state index in [1.54, 1.807) is 0 Å². The molecule has 14 heavy (non-hydrogen) atoms. The molecule has 0 unspecified atom stereocenters. The van der Waals surface area contributed by atoms with Gasteiger partial charge in [0.15, 0.2) is 0 Å². The first-order chi connectivity index (χ1) is 6.84. The van der Waals surface area contributed by atoms with Crippen LogP contribution in [0.4, 0.5) is 0 Å². The molecule has 0 aromatic rings. The molecule has 3 nitrogen and oxygen atoms in total. The highest BCUT2D eigenvalue weighted by atomic mass is 16.5. The van der Waals surface area contributed by atoms with Gasteiger partial charge in [-0.05, 0) is 33.0 Å². The molecule has 84 valence electrons. The molecular weight excluding hydrogens is 176 g/mol. The lowest BCUT2D eigenvalue weighted by Crippen LogP contribution is -2.52. The van der Waals surface area contributed by atoms with Gasteiger partial charge in [-0.1, -0.05) is 13.8 Å². The van der Waals surface area contributed by atoms with Crippen LogP contribution in [0.15, 0.2) is 0 Å². The van der Waals surface area contributed by atoms with Gasteiger partial charge in [0.25, 0.3) is 0 Å². The second-order valence-electron chi connectivity index (χ2n) is 3.98. The van der Waals surface area contributed by atoms with Crippen molar-refractivity contribution < 1.29 is 4.74 Å². The number of hydrogen-bond acceptors (Lipinski definition) is 3. The quantitative estimate of drug-likeness (QED) is 0.722. The van der Waals surface area contributed by atoms with Crippen LogP contribution in [0.25, 0.3) is 0 Å². The zero-order chi connectivity index (χ0) is 10.4. The molecule has 0 radical (unpaired) electrons. The Morgan fingerprint density at radius 2 is 1.64 bits per heavy atom. The third kappa shape index (κ3) is 3.56. The third-order valence-corrected chi connectivity index (χ3v) is 2.83. The minimum absolute atomic E-state index is 0.651. The van der Waals surface area contributed by atoms with Crippen molar-refractivity contribution in [3.63, 3.8) is 0 Å². The number of hydrogen-bond donors (Lipinski definition) is 1. The van der Waals surface area contributed by atoms with Crippen molar-refractivity contribution in [2.45, 2.75) is 38.8 Å². The minimum atomic E-state index is 0.651. The maximum Gasteiger partial charge on any atom is 0.0643 e. The number of rotatable bonds is 2. The van der Waals surface area contributed by atoms with E-state index < -0.39 is 0 Å². The van der Waals surface area contributed by atoms with Gasteiger partial charge in [-0.3, -0.25) is 0 Å². The summed E-state index contributed by atoms with van der Waals surface area (Å²) in [7, 11) is 2.20. The molecule has 0 aromatic carbocycles. The van der Waals surface area contributed by atoms with Gasteiger partial charge in [-0.15, -0.1) is 0 Å². The van der Waals surface area contributed by atoms with Gasteiger partial charge >= 0.3 is 0 Å². The van der Waals surface area contributed by atoms with E-state index in [4.69, 9.17) is 4.74 Å². The molecule has 2 saturated heterocycles. The Hall–Kier alpha value is -0.120. The predicted octanol–water partition coefficient (Wildman–Crippen LogP) is 1.10. The van der Waals surface area contributed by atoms with Crippen LogP contribution in [0.3, 0.4) is 0 Å². The van der Waals surface area contributed by atoms with Gasteiger partial charge in [0.1, 0.15) is 0 Å². The fraction of sp³-hybridized carbons (Fsp3) is 1.00. The Labute approximate surface area is 87.8 Å².